The van der Waals surface area contributed by atoms with Gasteiger partial charge < -0.3 is 14.6 Å². The number of pyridine rings is 1. The van der Waals surface area contributed by atoms with Gasteiger partial charge in [0.05, 0.1) is 12.1 Å². The first kappa shape index (κ1) is 18.8. The molecule has 11 heteroatoms. The molecule has 1 aliphatic heterocycles. The summed E-state index contributed by atoms with van der Waals surface area (Å²) in [5.74, 6) is -2.19. The Morgan fingerprint density at radius 3 is 2.63 bits per heavy atom. The summed E-state index contributed by atoms with van der Waals surface area (Å²) < 4.78 is 42.7. The second-order valence-corrected chi connectivity index (χ2v) is 6.02. The predicted molar refractivity (Wildman–Crippen MR) is 84.7 cm³/mol. The zero-order valence-electron chi connectivity index (χ0n) is 14.1. The molecule has 8 nitrogen and oxygen atoms in total. The average Bonchev–Trinajstić information content (AvgIpc) is 3.15. The van der Waals surface area contributed by atoms with Crippen molar-refractivity contribution in [2.45, 2.75) is 25.6 Å². The van der Waals surface area contributed by atoms with E-state index in [0.29, 0.717) is 5.56 Å². The van der Waals surface area contributed by atoms with Gasteiger partial charge in [-0.3, -0.25) is 14.6 Å². The molecule has 2 aromatic heterocycles. The molecule has 0 radical (unpaired) electrons. The van der Waals surface area contributed by atoms with Crippen LogP contribution in [0.25, 0.3) is 11.5 Å². The van der Waals surface area contributed by atoms with Crippen molar-refractivity contribution in [3.8, 4) is 11.5 Å². The van der Waals surface area contributed by atoms with Crippen molar-refractivity contribution >= 4 is 11.8 Å². The van der Waals surface area contributed by atoms with E-state index in [9.17, 15) is 22.8 Å². The highest BCUT2D eigenvalue weighted by atomic mass is 19.4. The van der Waals surface area contributed by atoms with Gasteiger partial charge in [0.25, 0.3) is 0 Å². The van der Waals surface area contributed by atoms with Crippen LogP contribution in [0.15, 0.2) is 28.9 Å². The lowest BCUT2D eigenvalue weighted by Crippen LogP contribution is -2.47. The molecule has 144 valence electrons. The Morgan fingerprint density at radius 1 is 1.26 bits per heavy atom. The van der Waals surface area contributed by atoms with E-state index in [0.717, 1.165) is 4.90 Å². The number of halogens is 3. The number of amides is 2. The monoisotopic (exact) mass is 383 g/mol. The minimum Gasteiger partial charge on any atom is -0.419 e. The number of nitrogens with one attached hydrogen (secondary N) is 1. The molecule has 1 saturated heterocycles. The van der Waals surface area contributed by atoms with Crippen molar-refractivity contribution in [2.75, 3.05) is 13.1 Å². The quantitative estimate of drug-likeness (QED) is 0.860. The zero-order valence-corrected chi connectivity index (χ0v) is 14.1. The molecule has 0 atom stereocenters. The highest BCUT2D eigenvalue weighted by Gasteiger charge is 2.43. The van der Waals surface area contributed by atoms with E-state index in [-0.39, 0.29) is 50.2 Å². The van der Waals surface area contributed by atoms with Crippen LogP contribution in [0.4, 0.5) is 13.2 Å². The molecule has 1 aliphatic rings. The van der Waals surface area contributed by atoms with E-state index in [1.165, 1.54) is 0 Å². The zero-order chi connectivity index (χ0) is 19.4. The van der Waals surface area contributed by atoms with Crippen LogP contribution < -0.4 is 5.32 Å². The molecule has 3 heterocycles. The third-order valence-electron chi connectivity index (χ3n) is 4.18. The van der Waals surface area contributed by atoms with E-state index < -0.39 is 18.0 Å². The Morgan fingerprint density at radius 2 is 2.00 bits per heavy atom. The minimum atomic E-state index is -4.89. The maximum atomic E-state index is 12.4. The number of likely N-dealkylation sites (tertiary alicyclic amines) is 1. The second-order valence-electron chi connectivity index (χ2n) is 6.02. The Kier molecular flexibility index (Phi) is 5.38. The van der Waals surface area contributed by atoms with Crippen LogP contribution in [0.1, 0.15) is 18.7 Å². The van der Waals surface area contributed by atoms with Gasteiger partial charge in [0.1, 0.15) is 0 Å². The first-order valence-corrected chi connectivity index (χ1v) is 8.21. The van der Waals surface area contributed by atoms with E-state index >= 15 is 0 Å². The molecule has 2 amide bonds. The molecule has 1 fully saturated rings. The maximum absolute atomic E-state index is 12.4. The smallest absolute Gasteiger partial charge is 0.419 e. The molecule has 1 N–H and O–H groups in total. The number of carbonyl (C=O) groups is 2. The van der Waals surface area contributed by atoms with E-state index in [1.807, 2.05) is 0 Å². The maximum Gasteiger partial charge on any atom is 0.471 e. The number of aromatic nitrogens is 3. The molecule has 0 aromatic carbocycles. The van der Waals surface area contributed by atoms with Crippen molar-refractivity contribution in [2.24, 2.45) is 5.92 Å². The van der Waals surface area contributed by atoms with Crippen molar-refractivity contribution in [3.05, 3.63) is 30.4 Å². The van der Waals surface area contributed by atoms with Gasteiger partial charge in [0.15, 0.2) is 0 Å². The lowest BCUT2D eigenvalue weighted by Gasteiger charge is -2.31. The summed E-state index contributed by atoms with van der Waals surface area (Å²) in [7, 11) is 0. The van der Waals surface area contributed by atoms with Crippen molar-refractivity contribution in [1.29, 1.82) is 0 Å². The first-order chi connectivity index (χ1) is 12.8. The van der Waals surface area contributed by atoms with Crippen LogP contribution in [0.3, 0.4) is 0 Å². The van der Waals surface area contributed by atoms with Gasteiger partial charge in [-0.15, -0.1) is 10.2 Å². The molecular formula is C16H16F3N5O3. The van der Waals surface area contributed by atoms with Gasteiger partial charge >= 0.3 is 12.1 Å². The summed E-state index contributed by atoms with van der Waals surface area (Å²) in [4.78, 5) is 28.0. The summed E-state index contributed by atoms with van der Waals surface area (Å²) in [6.45, 7) is -0.210. The number of alkyl halides is 3. The van der Waals surface area contributed by atoms with Crippen LogP contribution in [-0.2, 0) is 16.1 Å². The highest BCUT2D eigenvalue weighted by Crippen LogP contribution is 2.24. The lowest BCUT2D eigenvalue weighted by atomic mass is 9.96. The van der Waals surface area contributed by atoms with Gasteiger partial charge in [-0.05, 0) is 25.0 Å². The summed E-state index contributed by atoms with van der Waals surface area (Å²) in [6.07, 6.45) is -1.39. The second kappa shape index (κ2) is 7.72. The Labute approximate surface area is 151 Å². The largest absolute Gasteiger partial charge is 0.471 e. The van der Waals surface area contributed by atoms with E-state index in [2.05, 4.69) is 20.5 Å². The Hall–Kier alpha value is -2.98. The summed E-state index contributed by atoms with van der Waals surface area (Å²) >= 11 is 0. The van der Waals surface area contributed by atoms with Crippen molar-refractivity contribution in [3.63, 3.8) is 0 Å². The molecule has 2 aromatic rings. The molecule has 0 unspecified atom stereocenters. The third-order valence-corrected chi connectivity index (χ3v) is 4.18. The van der Waals surface area contributed by atoms with Crippen LogP contribution >= 0.6 is 0 Å². The number of hydrogen-bond acceptors (Lipinski definition) is 6. The average molecular weight is 383 g/mol. The van der Waals surface area contributed by atoms with Gasteiger partial charge in [-0.2, -0.15) is 13.2 Å². The van der Waals surface area contributed by atoms with Crippen LogP contribution in [0, 0.1) is 5.92 Å². The molecule has 3 rings (SSSR count). The molecule has 0 saturated carbocycles. The molecule has 0 bridgehead atoms. The third kappa shape index (κ3) is 4.60. The highest BCUT2D eigenvalue weighted by molar-refractivity contribution is 5.83. The fourth-order valence-corrected chi connectivity index (χ4v) is 2.76. The van der Waals surface area contributed by atoms with Crippen LogP contribution in [0.2, 0.25) is 0 Å². The van der Waals surface area contributed by atoms with Gasteiger partial charge in [-0.25, -0.2) is 0 Å². The predicted octanol–water partition coefficient (Wildman–Crippen LogP) is 1.55. The molecule has 27 heavy (non-hydrogen) atoms. The number of piperidine rings is 1. The topological polar surface area (TPSA) is 101 Å². The van der Waals surface area contributed by atoms with Crippen LogP contribution in [-0.4, -0.2) is 51.2 Å². The number of carbonyl (C=O) groups excluding carboxylic acids is 2. The SMILES string of the molecule is O=C(NCc1nnc(-c2cccnc2)o1)C1CCN(C(=O)C(F)(F)F)CC1. The minimum absolute atomic E-state index is 0.00773. The number of nitrogens with zero attached hydrogens (tertiary/aromatic N) is 4. The summed E-state index contributed by atoms with van der Waals surface area (Å²) in [5, 5.41) is 10.3. The Bertz CT molecular complexity index is 801. The summed E-state index contributed by atoms with van der Waals surface area (Å²) in [5.41, 5.74) is 0.643. The van der Waals surface area contributed by atoms with Crippen LogP contribution in [0.5, 0.6) is 0 Å². The van der Waals surface area contributed by atoms with E-state index in [4.69, 9.17) is 4.42 Å². The van der Waals surface area contributed by atoms with Gasteiger partial charge in [0.2, 0.25) is 17.7 Å². The van der Waals surface area contributed by atoms with Gasteiger partial charge in [0, 0.05) is 31.4 Å². The molecular weight excluding hydrogens is 367 g/mol. The van der Waals surface area contributed by atoms with E-state index in [1.54, 1.807) is 24.5 Å². The number of hydrogen-bond donors (Lipinski definition) is 1. The normalized spacial score (nSPS) is 15.6. The molecule has 0 spiro atoms. The summed E-state index contributed by atoms with van der Waals surface area (Å²) in [6, 6.07) is 3.47. The Balaban J connectivity index is 1.48. The van der Waals surface area contributed by atoms with Crippen molar-refractivity contribution in [1.82, 2.24) is 25.4 Å². The number of rotatable bonds is 4. The standard InChI is InChI=1S/C16H16F3N5O3/c17-16(18,19)15(26)24-6-3-10(4-7-24)13(25)21-9-12-22-23-14(27-12)11-2-1-5-20-8-11/h1-2,5,8,10H,3-4,6-7,9H2,(H,21,25). The molecule has 0 aliphatic carbocycles. The fourth-order valence-electron chi connectivity index (χ4n) is 2.76. The van der Waals surface area contributed by atoms with Crippen molar-refractivity contribution < 1.29 is 27.2 Å². The lowest BCUT2D eigenvalue weighted by molar-refractivity contribution is -0.186. The first-order valence-electron chi connectivity index (χ1n) is 8.21. The fraction of sp³-hybridized carbons (Fsp3) is 0.438. The van der Waals surface area contributed by atoms with Gasteiger partial charge in [-0.1, -0.05) is 0 Å².